The first-order chi connectivity index (χ1) is 12.2. The van der Waals surface area contributed by atoms with E-state index >= 15 is 0 Å². The number of hydrogen-bond acceptors (Lipinski definition) is 4. The van der Waals surface area contributed by atoms with Crippen molar-refractivity contribution in [2.24, 2.45) is 0 Å². The summed E-state index contributed by atoms with van der Waals surface area (Å²) < 4.78 is 8.06. The van der Waals surface area contributed by atoms with Crippen LogP contribution in [-0.2, 0) is 19.7 Å². The standard InChI is InChI=1S/C20H24N4O/c1-16-11-18(13-21-7-9-24-10-8-22-15-24)12-17(2)20(16)25-14-19-5-3-4-6-23-19/h3-6,8,10-12,15,21H,7,9,13-14H2,1-2H3. The lowest BCUT2D eigenvalue weighted by Gasteiger charge is -2.14. The Hall–Kier alpha value is -2.66. The van der Waals surface area contributed by atoms with Gasteiger partial charge in [-0.2, -0.15) is 0 Å². The first kappa shape index (κ1) is 17.2. The second-order valence-corrected chi connectivity index (χ2v) is 6.15. The van der Waals surface area contributed by atoms with E-state index in [1.54, 1.807) is 12.4 Å². The van der Waals surface area contributed by atoms with Gasteiger partial charge in [0, 0.05) is 38.2 Å². The Balaban J connectivity index is 1.54. The molecule has 0 fully saturated rings. The molecule has 3 aromatic rings. The zero-order valence-corrected chi connectivity index (χ0v) is 14.8. The Morgan fingerprint density at radius 2 is 1.96 bits per heavy atom. The zero-order chi connectivity index (χ0) is 17.5. The predicted molar refractivity (Wildman–Crippen MR) is 98.4 cm³/mol. The highest BCUT2D eigenvalue weighted by Crippen LogP contribution is 2.25. The first-order valence-electron chi connectivity index (χ1n) is 8.51. The summed E-state index contributed by atoms with van der Waals surface area (Å²) in [6, 6.07) is 10.2. The van der Waals surface area contributed by atoms with Gasteiger partial charge in [-0.1, -0.05) is 18.2 Å². The molecule has 0 aliphatic heterocycles. The molecule has 0 unspecified atom stereocenters. The molecule has 2 aromatic heterocycles. The summed E-state index contributed by atoms with van der Waals surface area (Å²) in [5.41, 5.74) is 4.52. The Morgan fingerprint density at radius 3 is 2.64 bits per heavy atom. The smallest absolute Gasteiger partial charge is 0.130 e. The number of aromatic nitrogens is 3. The Kier molecular flexibility index (Phi) is 5.80. The molecular formula is C20H24N4O. The molecule has 0 saturated heterocycles. The van der Waals surface area contributed by atoms with Gasteiger partial charge in [0.2, 0.25) is 0 Å². The van der Waals surface area contributed by atoms with Gasteiger partial charge in [0.05, 0.1) is 12.0 Å². The molecule has 1 aromatic carbocycles. The molecule has 1 N–H and O–H groups in total. The number of pyridine rings is 1. The third-order valence-corrected chi connectivity index (χ3v) is 4.05. The molecule has 130 valence electrons. The van der Waals surface area contributed by atoms with Crippen molar-refractivity contribution in [3.05, 3.63) is 77.6 Å². The molecule has 25 heavy (non-hydrogen) atoms. The van der Waals surface area contributed by atoms with Crippen LogP contribution in [0.3, 0.4) is 0 Å². The summed E-state index contributed by atoms with van der Waals surface area (Å²) in [7, 11) is 0. The van der Waals surface area contributed by atoms with Crippen LogP contribution in [0.2, 0.25) is 0 Å². The summed E-state index contributed by atoms with van der Waals surface area (Å²) in [5, 5.41) is 3.47. The minimum atomic E-state index is 0.491. The van der Waals surface area contributed by atoms with Gasteiger partial charge in [-0.25, -0.2) is 4.98 Å². The molecule has 0 radical (unpaired) electrons. The number of hydrogen-bond donors (Lipinski definition) is 1. The largest absolute Gasteiger partial charge is 0.487 e. The molecule has 0 spiro atoms. The van der Waals surface area contributed by atoms with Crippen LogP contribution < -0.4 is 10.1 Å². The number of rotatable bonds is 8. The van der Waals surface area contributed by atoms with Crippen molar-refractivity contribution in [3.63, 3.8) is 0 Å². The monoisotopic (exact) mass is 336 g/mol. The van der Waals surface area contributed by atoms with Crippen LogP contribution >= 0.6 is 0 Å². The molecule has 0 aliphatic carbocycles. The molecule has 0 aliphatic rings. The first-order valence-corrected chi connectivity index (χ1v) is 8.51. The number of benzene rings is 1. The average molecular weight is 336 g/mol. The molecule has 0 amide bonds. The molecule has 2 heterocycles. The Labute approximate surface area is 148 Å². The van der Waals surface area contributed by atoms with Crippen molar-refractivity contribution in [3.8, 4) is 5.75 Å². The molecule has 5 heteroatoms. The highest BCUT2D eigenvalue weighted by molar-refractivity contribution is 5.43. The van der Waals surface area contributed by atoms with Gasteiger partial charge in [-0.15, -0.1) is 0 Å². The second kappa shape index (κ2) is 8.44. The molecule has 0 atom stereocenters. The topological polar surface area (TPSA) is 52.0 Å². The molecule has 0 bridgehead atoms. The van der Waals surface area contributed by atoms with Crippen molar-refractivity contribution in [2.75, 3.05) is 6.54 Å². The number of nitrogens with zero attached hydrogens (tertiary/aromatic N) is 3. The maximum absolute atomic E-state index is 5.99. The lowest BCUT2D eigenvalue weighted by molar-refractivity contribution is 0.297. The highest BCUT2D eigenvalue weighted by Gasteiger charge is 2.07. The van der Waals surface area contributed by atoms with Gasteiger partial charge < -0.3 is 14.6 Å². The minimum absolute atomic E-state index is 0.491. The fourth-order valence-corrected chi connectivity index (χ4v) is 2.86. The van der Waals surface area contributed by atoms with Crippen molar-refractivity contribution in [2.45, 2.75) is 33.5 Å². The third-order valence-electron chi connectivity index (χ3n) is 4.05. The van der Waals surface area contributed by atoms with E-state index in [1.165, 1.54) is 5.56 Å². The van der Waals surface area contributed by atoms with Gasteiger partial charge in [-0.3, -0.25) is 4.98 Å². The number of ether oxygens (including phenoxy) is 1. The van der Waals surface area contributed by atoms with Crippen LogP contribution in [0.5, 0.6) is 5.75 Å². The summed E-state index contributed by atoms with van der Waals surface area (Å²) in [6.07, 6.45) is 7.40. The van der Waals surface area contributed by atoms with Crippen LogP contribution in [0.25, 0.3) is 0 Å². The fraction of sp³-hybridized carbons (Fsp3) is 0.300. The SMILES string of the molecule is Cc1cc(CNCCn2ccnc2)cc(C)c1OCc1ccccn1. The summed E-state index contributed by atoms with van der Waals surface area (Å²) in [5.74, 6) is 0.952. The van der Waals surface area contributed by atoms with Gasteiger partial charge in [0.1, 0.15) is 12.4 Å². The van der Waals surface area contributed by atoms with E-state index in [0.29, 0.717) is 6.61 Å². The van der Waals surface area contributed by atoms with Gasteiger partial charge >= 0.3 is 0 Å². The van der Waals surface area contributed by atoms with Crippen molar-refractivity contribution in [1.82, 2.24) is 19.9 Å². The normalized spacial score (nSPS) is 10.8. The zero-order valence-electron chi connectivity index (χ0n) is 14.8. The summed E-state index contributed by atoms with van der Waals surface area (Å²) >= 11 is 0. The summed E-state index contributed by atoms with van der Waals surface area (Å²) in [6.45, 7) is 7.35. The van der Waals surface area contributed by atoms with Crippen molar-refractivity contribution in [1.29, 1.82) is 0 Å². The molecule has 3 rings (SSSR count). The number of aryl methyl sites for hydroxylation is 2. The fourth-order valence-electron chi connectivity index (χ4n) is 2.86. The third kappa shape index (κ3) is 4.90. The van der Waals surface area contributed by atoms with Crippen molar-refractivity contribution >= 4 is 0 Å². The van der Waals surface area contributed by atoms with E-state index in [-0.39, 0.29) is 0 Å². The second-order valence-electron chi connectivity index (χ2n) is 6.15. The van der Waals surface area contributed by atoms with Gasteiger partial charge in [0.25, 0.3) is 0 Å². The lowest BCUT2D eigenvalue weighted by Crippen LogP contribution is -2.19. The Morgan fingerprint density at radius 1 is 1.12 bits per heavy atom. The maximum atomic E-state index is 5.99. The van der Waals surface area contributed by atoms with Crippen molar-refractivity contribution < 1.29 is 4.74 Å². The van der Waals surface area contributed by atoms with Crippen LogP contribution in [-0.4, -0.2) is 21.1 Å². The van der Waals surface area contributed by atoms with E-state index in [1.807, 2.05) is 30.7 Å². The molecule has 0 saturated carbocycles. The van der Waals surface area contributed by atoms with Crippen LogP contribution in [0, 0.1) is 13.8 Å². The predicted octanol–water partition coefficient (Wildman–Crippen LogP) is 3.26. The van der Waals surface area contributed by atoms with E-state index in [9.17, 15) is 0 Å². The molecule has 5 nitrogen and oxygen atoms in total. The quantitative estimate of drug-likeness (QED) is 0.642. The van der Waals surface area contributed by atoms with Crippen LogP contribution in [0.15, 0.2) is 55.2 Å². The molecular weight excluding hydrogens is 312 g/mol. The Bertz CT molecular complexity index is 762. The highest BCUT2D eigenvalue weighted by atomic mass is 16.5. The minimum Gasteiger partial charge on any atom is -0.487 e. The van der Waals surface area contributed by atoms with Crippen LogP contribution in [0.1, 0.15) is 22.4 Å². The maximum Gasteiger partial charge on any atom is 0.130 e. The van der Waals surface area contributed by atoms with E-state index in [4.69, 9.17) is 4.74 Å². The average Bonchev–Trinajstić information content (AvgIpc) is 3.12. The number of nitrogens with one attached hydrogen (secondary N) is 1. The van der Waals surface area contributed by atoms with Gasteiger partial charge in [0.15, 0.2) is 0 Å². The van der Waals surface area contributed by atoms with E-state index in [0.717, 1.165) is 42.2 Å². The van der Waals surface area contributed by atoms with Crippen LogP contribution in [0.4, 0.5) is 0 Å². The lowest BCUT2D eigenvalue weighted by atomic mass is 10.1. The van der Waals surface area contributed by atoms with E-state index in [2.05, 4.69) is 45.8 Å². The van der Waals surface area contributed by atoms with Gasteiger partial charge in [-0.05, 0) is 42.7 Å². The van der Waals surface area contributed by atoms with E-state index < -0.39 is 0 Å². The summed E-state index contributed by atoms with van der Waals surface area (Å²) in [4.78, 5) is 8.35. The number of imidazole rings is 1.